The lowest BCUT2D eigenvalue weighted by molar-refractivity contribution is -0.113. The maximum atomic E-state index is 12.2. The van der Waals surface area contributed by atoms with Crippen LogP contribution >= 0.6 is 11.8 Å². The second-order valence-corrected chi connectivity index (χ2v) is 9.41. The Morgan fingerprint density at radius 1 is 1.38 bits per heavy atom. The lowest BCUT2D eigenvalue weighted by atomic mass is 10.1. The maximum absolute atomic E-state index is 12.2. The van der Waals surface area contributed by atoms with Gasteiger partial charge in [0.15, 0.2) is 15.0 Å². The third kappa shape index (κ3) is 3.44. The van der Waals surface area contributed by atoms with E-state index in [1.807, 2.05) is 44.0 Å². The van der Waals surface area contributed by atoms with Crippen molar-refractivity contribution in [1.29, 1.82) is 0 Å². The van der Waals surface area contributed by atoms with E-state index in [0.717, 1.165) is 22.0 Å². The van der Waals surface area contributed by atoms with Gasteiger partial charge in [-0.25, -0.2) is 8.42 Å². The first-order valence-electron chi connectivity index (χ1n) is 7.77. The number of hydrogen-bond acceptors (Lipinski definition) is 6. The lowest BCUT2D eigenvalue weighted by Crippen LogP contribution is -2.35. The topological polar surface area (TPSA) is 78.8 Å². The van der Waals surface area contributed by atoms with E-state index < -0.39 is 9.84 Å². The van der Waals surface area contributed by atoms with Crippen LogP contribution in [0.3, 0.4) is 0 Å². The van der Waals surface area contributed by atoms with Gasteiger partial charge in [0.2, 0.25) is 5.91 Å². The van der Waals surface area contributed by atoms with Gasteiger partial charge in [0, 0.05) is 12.7 Å². The summed E-state index contributed by atoms with van der Waals surface area (Å²) in [6.45, 7) is 3.99. The molecule has 6 nitrogen and oxygen atoms in total. The number of likely N-dealkylation sites (N-methyl/N-ethyl adjacent to an activating group) is 1. The number of benzene rings is 1. The molecular formula is C16H21N3O3S2. The van der Waals surface area contributed by atoms with E-state index in [2.05, 4.69) is 10.3 Å². The van der Waals surface area contributed by atoms with Gasteiger partial charge in [-0.05, 0) is 31.0 Å². The van der Waals surface area contributed by atoms with Gasteiger partial charge in [-0.15, -0.1) is 0 Å². The summed E-state index contributed by atoms with van der Waals surface area (Å²) in [6.07, 6.45) is 0. The molecule has 0 aromatic heterocycles. The second kappa shape index (κ2) is 6.40. The van der Waals surface area contributed by atoms with Gasteiger partial charge in [0.1, 0.15) is 0 Å². The molecule has 8 heteroatoms. The highest BCUT2D eigenvalue weighted by atomic mass is 32.2. The second-order valence-electron chi connectivity index (χ2n) is 6.32. The zero-order valence-corrected chi connectivity index (χ0v) is 15.6. The van der Waals surface area contributed by atoms with Crippen molar-refractivity contribution < 1.29 is 13.2 Å². The average molecular weight is 367 g/mol. The predicted octanol–water partition coefficient (Wildman–Crippen LogP) is 1.44. The number of aryl methyl sites for hydroxylation is 1. The van der Waals surface area contributed by atoms with E-state index in [-0.39, 0.29) is 35.2 Å². The van der Waals surface area contributed by atoms with Crippen LogP contribution < -0.4 is 5.32 Å². The molecular weight excluding hydrogens is 346 g/mol. The Kier molecular flexibility index (Phi) is 4.61. The summed E-state index contributed by atoms with van der Waals surface area (Å²) in [7, 11) is -1.13. The third-order valence-corrected chi connectivity index (χ3v) is 7.34. The van der Waals surface area contributed by atoms with E-state index in [0.29, 0.717) is 0 Å². The van der Waals surface area contributed by atoms with E-state index in [1.165, 1.54) is 11.8 Å². The van der Waals surface area contributed by atoms with Crippen LogP contribution in [-0.4, -0.2) is 60.8 Å². The first kappa shape index (κ1) is 17.3. The highest BCUT2D eigenvalue weighted by Crippen LogP contribution is 2.29. The minimum Gasteiger partial charge on any atom is -0.348 e. The minimum absolute atomic E-state index is 0.0837. The molecule has 1 amide bonds. The Morgan fingerprint density at radius 2 is 2.12 bits per heavy atom. The van der Waals surface area contributed by atoms with E-state index in [4.69, 9.17) is 0 Å². The van der Waals surface area contributed by atoms with Crippen molar-refractivity contribution in [2.75, 3.05) is 29.6 Å². The number of carbonyl (C=O) groups excluding carboxylic acids is 1. The van der Waals surface area contributed by atoms with Crippen LogP contribution in [0.15, 0.2) is 23.2 Å². The molecule has 3 rings (SSSR count). The summed E-state index contributed by atoms with van der Waals surface area (Å²) in [5, 5.41) is 3.67. The Hall–Kier alpha value is -1.54. The Bertz CT molecular complexity index is 805. The molecule has 0 spiro atoms. The Labute approximate surface area is 146 Å². The SMILES string of the molecule is Cc1cccc(NC(=O)CSC2=N[C@@H]3CS(=O)(=O)C[C@H]3N2C)c1C. The number of aliphatic imine (C=N–C) groups is 1. The molecule has 2 aliphatic heterocycles. The number of rotatable bonds is 3. The molecule has 0 saturated carbocycles. The zero-order chi connectivity index (χ0) is 17.5. The van der Waals surface area contributed by atoms with Gasteiger partial charge in [-0.2, -0.15) is 0 Å². The summed E-state index contributed by atoms with van der Waals surface area (Å²) >= 11 is 1.36. The van der Waals surface area contributed by atoms with Crippen LogP contribution in [0.2, 0.25) is 0 Å². The molecule has 24 heavy (non-hydrogen) atoms. The van der Waals surface area contributed by atoms with Crippen molar-refractivity contribution in [2.45, 2.75) is 25.9 Å². The first-order valence-corrected chi connectivity index (χ1v) is 10.6. The van der Waals surface area contributed by atoms with E-state index in [9.17, 15) is 13.2 Å². The average Bonchev–Trinajstić information content (AvgIpc) is 2.95. The van der Waals surface area contributed by atoms with E-state index in [1.54, 1.807) is 0 Å². The number of amidine groups is 1. The van der Waals surface area contributed by atoms with Gasteiger partial charge in [-0.1, -0.05) is 23.9 Å². The fraction of sp³-hybridized carbons (Fsp3) is 0.500. The standard InChI is InChI=1S/C16H21N3O3S2/c1-10-5-4-6-12(11(10)2)17-15(20)7-23-16-18-13-8-24(21,22)9-14(13)19(16)3/h4-6,13-14H,7-9H2,1-3H3,(H,17,20)/t13-,14-/m1/s1. The van der Waals surface area contributed by atoms with Crippen LogP contribution in [0.5, 0.6) is 0 Å². The van der Waals surface area contributed by atoms with Gasteiger partial charge >= 0.3 is 0 Å². The highest BCUT2D eigenvalue weighted by Gasteiger charge is 2.45. The molecule has 1 fully saturated rings. The summed E-state index contributed by atoms with van der Waals surface area (Å²) in [4.78, 5) is 18.6. The van der Waals surface area contributed by atoms with Crippen LogP contribution in [-0.2, 0) is 14.6 Å². The molecule has 0 aliphatic carbocycles. The van der Waals surface area contributed by atoms with Crippen molar-refractivity contribution >= 4 is 38.4 Å². The van der Waals surface area contributed by atoms with Crippen molar-refractivity contribution in [2.24, 2.45) is 4.99 Å². The number of hydrogen-bond donors (Lipinski definition) is 1. The number of fused-ring (bicyclic) bond motifs is 1. The summed E-state index contributed by atoms with van der Waals surface area (Å²) in [5.41, 5.74) is 3.02. The number of anilines is 1. The number of thioether (sulfide) groups is 1. The molecule has 130 valence electrons. The Balaban J connectivity index is 1.58. The normalized spacial score (nSPS) is 24.6. The lowest BCUT2D eigenvalue weighted by Gasteiger charge is -2.20. The molecule has 1 N–H and O–H groups in total. The fourth-order valence-electron chi connectivity index (χ4n) is 3.02. The summed E-state index contributed by atoms with van der Waals surface area (Å²) in [6, 6.07) is 5.54. The number of amides is 1. The van der Waals surface area contributed by atoms with Crippen molar-refractivity contribution in [3.05, 3.63) is 29.3 Å². The largest absolute Gasteiger partial charge is 0.348 e. The number of nitrogens with zero attached hydrogens (tertiary/aromatic N) is 2. The summed E-state index contributed by atoms with van der Waals surface area (Å²) < 4.78 is 23.3. The number of nitrogens with one attached hydrogen (secondary N) is 1. The molecule has 2 aliphatic rings. The van der Waals surface area contributed by atoms with Crippen LogP contribution in [0.1, 0.15) is 11.1 Å². The smallest absolute Gasteiger partial charge is 0.234 e. The number of sulfone groups is 1. The van der Waals surface area contributed by atoms with Crippen LogP contribution in [0.4, 0.5) is 5.69 Å². The highest BCUT2D eigenvalue weighted by molar-refractivity contribution is 8.14. The zero-order valence-electron chi connectivity index (χ0n) is 13.9. The molecule has 0 unspecified atom stereocenters. The van der Waals surface area contributed by atoms with E-state index >= 15 is 0 Å². The molecule has 1 saturated heterocycles. The molecule has 0 radical (unpaired) electrons. The number of carbonyl (C=O) groups is 1. The van der Waals surface area contributed by atoms with Crippen molar-refractivity contribution in [3.63, 3.8) is 0 Å². The minimum atomic E-state index is -2.98. The molecule has 1 aromatic carbocycles. The van der Waals surface area contributed by atoms with Gasteiger partial charge in [0.05, 0.1) is 29.3 Å². The molecule has 1 aromatic rings. The molecule has 2 heterocycles. The Morgan fingerprint density at radius 3 is 2.83 bits per heavy atom. The predicted molar refractivity (Wildman–Crippen MR) is 98.4 cm³/mol. The van der Waals surface area contributed by atoms with Gasteiger partial charge < -0.3 is 10.2 Å². The van der Waals surface area contributed by atoms with Crippen molar-refractivity contribution in [3.8, 4) is 0 Å². The quantitative estimate of drug-likeness (QED) is 0.875. The molecule has 0 bridgehead atoms. The van der Waals surface area contributed by atoms with Gasteiger partial charge in [-0.3, -0.25) is 9.79 Å². The maximum Gasteiger partial charge on any atom is 0.234 e. The fourth-order valence-corrected chi connectivity index (χ4v) is 5.82. The third-order valence-electron chi connectivity index (χ3n) is 4.58. The molecule has 2 atom stereocenters. The van der Waals surface area contributed by atoms with Crippen LogP contribution in [0.25, 0.3) is 0 Å². The summed E-state index contributed by atoms with van der Waals surface area (Å²) in [5.74, 6) is 0.425. The van der Waals surface area contributed by atoms with Gasteiger partial charge in [0.25, 0.3) is 0 Å². The van der Waals surface area contributed by atoms with Crippen molar-refractivity contribution in [1.82, 2.24) is 4.90 Å². The monoisotopic (exact) mass is 367 g/mol. The van der Waals surface area contributed by atoms with Crippen LogP contribution in [0, 0.1) is 13.8 Å². The first-order chi connectivity index (χ1) is 11.3.